The maximum atomic E-state index is 13.4. The van der Waals surface area contributed by atoms with Crippen molar-refractivity contribution >= 4 is 15.9 Å². The molecule has 1 aromatic carbocycles. The highest BCUT2D eigenvalue weighted by molar-refractivity contribution is 9.10. The van der Waals surface area contributed by atoms with Gasteiger partial charge in [-0.25, -0.2) is 4.39 Å². The Kier molecular flexibility index (Phi) is 2.63. The van der Waals surface area contributed by atoms with Crippen LogP contribution in [-0.2, 0) is 5.54 Å². The third-order valence-electron chi connectivity index (χ3n) is 1.72. The Morgan fingerprint density at radius 3 is 2.38 bits per heavy atom. The lowest BCUT2D eigenvalue weighted by atomic mass is 9.95. The Morgan fingerprint density at radius 1 is 1.46 bits per heavy atom. The first kappa shape index (κ1) is 10.5. The topological polar surface area (TPSA) is 46.2 Å². The molecule has 0 fully saturated rings. The molecule has 0 bridgehead atoms. The second-order valence-corrected chi connectivity index (χ2v) is 4.33. The number of halogens is 2. The number of benzene rings is 1. The number of phenolic OH excluding ortho intramolecular Hbond substituents is 1. The first-order chi connectivity index (χ1) is 5.84. The number of phenols is 1. The number of nitrogens with two attached hydrogens (primary N) is 1. The highest BCUT2D eigenvalue weighted by Gasteiger charge is 2.23. The quantitative estimate of drug-likeness (QED) is 0.801. The van der Waals surface area contributed by atoms with E-state index in [0.29, 0.717) is 4.47 Å². The summed E-state index contributed by atoms with van der Waals surface area (Å²) < 4.78 is 14.0. The molecule has 72 valence electrons. The van der Waals surface area contributed by atoms with E-state index in [1.54, 1.807) is 19.9 Å². The van der Waals surface area contributed by atoms with Crippen molar-refractivity contribution in [2.75, 3.05) is 0 Å². The van der Waals surface area contributed by atoms with Crippen LogP contribution in [0.1, 0.15) is 19.4 Å². The number of hydrogen-bond donors (Lipinski definition) is 2. The molecule has 0 aliphatic carbocycles. The van der Waals surface area contributed by atoms with E-state index in [1.807, 2.05) is 0 Å². The fraction of sp³-hybridized carbons (Fsp3) is 0.333. The normalized spacial score (nSPS) is 11.8. The molecule has 3 N–H and O–H groups in total. The van der Waals surface area contributed by atoms with Crippen molar-refractivity contribution in [3.8, 4) is 5.75 Å². The van der Waals surface area contributed by atoms with Crippen LogP contribution in [0.15, 0.2) is 16.6 Å². The van der Waals surface area contributed by atoms with Crippen LogP contribution >= 0.6 is 15.9 Å². The van der Waals surface area contributed by atoms with E-state index >= 15 is 0 Å². The molecule has 0 heterocycles. The second-order valence-electron chi connectivity index (χ2n) is 3.48. The van der Waals surface area contributed by atoms with Gasteiger partial charge in [-0.15, -0.1) is 0 Å². The maximum absolute atomic E-state index is 13.4. The minimum absolute atomic E-state index is 0.285. The van der Waals surface area contributed by atoms with E-state index in [0.717, 1.165) is 0 Å². The van der Waals surface area contributed by atoms with Gasteiger partial charge in [0.1, 0.15) is 0 Å². The molecule has 0 amide bonds. The molecule has 0 aromatic heterocycles. The summed E-state index contributed by atoms with van der Waals surface area (Å²) >= 11 is 3.19. The molecule has 0 saturated heterocycles. The molecule has 2 nitrogen and oxygen atoms in total. The van der Waals surface area contributed by atoms with Crippen LogP contribution in [0.2, 0.25) is 0 Å². The van der Waals surface area contributed by atoms with Crippen LogP contribution in [0.3, 0.4) is 0 Å². The van der Waals surface area contributed by atoms with Crippen molar-refractivity contribution in [2.45, 2.75) is 19.4 Å². The van der Waals surface area contributed by atoms with Crippen LogP contribution in [0, 0.1) is 5.82 Å². The molecule has 1 aromatic rings. The monoisotopic (exact) mass is 247 g/mol. The van der Waals surface area contributed by atoms with Gasteiger partial charge in [0.2, 0.25) is 0 Å². The SMILES string of the molecule is CC(C)(N)c1c(Br)ccc(O)c1F. The van der Waals surface area contributed by atoms with Crippen molar-refractivity contribution in [1.29, 1.82) is 0 Å². The summed E-state index contributed by atoms with van der Waals surface area (Å²) in [5.41, 5.74) is 5.21. The van der Waals surface area contributed by atoms with E-state index in [1.165, 1.54) is 6.07 Å². The van der Waals surface area contributed by atoms with Gasteiger partial charge in [0.25, 0.3) is 0 Å². The van der Waals surface area contributed by atoms with Gasteiger partial charge in [0, 0.05) is 15.6 Å². The summed E-state index contributed by atoms with van der Waals surface area (Å²) in [4.78, 5) is 0. The van der Waals surface area contributed by atoms with Crippen molar-refractivity contribution < 1.29 is 9.50 Å². The summed E-state index contributed by atoms with van der Waals surface area (Å²) in [6.07, 6.45) is 0. The molecule has 13 heavy (non-hydrogen) atoms. The van der Waals surface area contributed by atoms with E-state index in [-0.39, 0.29) is 11.3 Å². The van der Waals surface area contributed by atoms with Crippen molar-refractivity contribution in [2.24, 2.45) is 5.73 Å². The van der Waals surface area contributed by atoms with Gasteiger partial charge in [-0.2, -0.15) is 0 Å². The van der Waals surface area contributed by atoms with E-state index in [9.17, 15) is 4.39 Å². The maximum Gasteiger partial charge on any atom is 0.170 e. The van der Waals surface area contributed by atoms with Crippen LogP contribution in [0.25, 0.3) is 0 Å². The van der Waals surface area contributed by atoms with Gasteiger partial charge >= 0.3 is 0 Å². The Bertz CT molecular complexity index is 333. The van der Waals surface area contributed by atoms with Gasteiger partial charge in [-0.3, -0.25) is 0 Å². The van der Waals surface area contributed by atoms with E-state index < -0.39 is 11.4 Å². The van der Waals surface area contributed by atoms with E-state index in [4.69, 9.17) is 10.8 Å². The second kappa shape index (κ2) is 3.27. The molecule has 1 rings (SSSR count). The molecule has 0 spiro atoms. The van der Waals surface area contributed by atoms with Crippen LogP contribution in [0.5, 0.6) is 5.75 Å². The lowest BCUT2D eigenvalue weighted by Crippen LogP contribution is -2.30. The predicted octanol–water partition coefficient (Wildman–Crippen LogP) is 2.49. The molecular weight excluding hydrogens is 237 g/mol. The number of aromatic hydroxyl groups is 1. The fourth-order valence-corrected chi connectivity index (χ4v) is 1.95. The predicted molar refractivity (Wildman–Crippen MR) is 53.0 cm³/mol. The van der Waals surface area contributed by atoms with Crippen molar-refractivity contribution in [3.63, 3.8) is 0 Å². The van der Waals surface area contributed by atoms with Crippen LogP contribution in [0.4, 0.5) is 4.39 Å². The third-order valence-corrected chi connectivity index (χ3v) is 2.38. The molecule has 0 aliphatic rings. The Balaban J connectivity index is 3.43. The first-order valence-corrected chi connectivity index (χ1v) is 4.59. The van der Waals surface area contributed by atoms with Gasteiger partial charge < -0.3 is 10.8 Å². The minimum atomic E-state index is -0.818. The molecule has 0 unspecified atom stereocenters. The van der Waals surface area contributed by atoms with Crippen LogP contribution in [-0.4, -0.2) is 5.11 Å². The summed E-state index contributed by atoms with van der Waals surface area (Å²) in [5.74, 6) is -1.04. The first-order valence-electron chi connectivity index (χ1n) is 3.80. The Labute approximate surface area is 84.7 Å². The summed E-state index contributed by atoms with van der Waals surface area (Å²) in [6, 6.07) is 2.86. The largest absolute Gasteiger partial charge is 0.505 e. The molecule has 0 aliphatic heterocycles. The summed E-state index contributed by atoms with van der Waals surface area (Å²) in [6.45, 7) is 3.35. The summed E-state index contributed by atoms with van der Waals surface area (Å²) in [7, 11) is 0. The van der Waals surface area contributed by atoms with Crippen molar-refractivity contribution in [1.82, 2.24) is 0 Å². The lowest BCUT2D eigenvalue weighted by molar-refractivity contribution is 0.412. The molecule has 4 heteroatoms. The molecule has 0 saturated carbocycles. The summed E-state index contributed by atoms with van der Waals surface area (Å²) in [5, 5.41) is 9.14. The van der Waals surface area contributed by atoms with Gasteiger partial charge in [0.15, 0.2) is 11.6 Å². The zero-order valence-electron chi connectivity index (χ0n) is 7.44. The van der Waals surface area contributed by atoms with Gasteiger partial charge in [-0.1, -0.05) is 15.9 Å². The number of rotatable bonds is 1. The van der Waals surface area contributed by atoms with Gasteiger partial charge in [-0.05, 0) is 26.0 Å². The molecule has 0 atom stereocenters. The lowest BCUT2D eigenvalue weighted by Gasteiger charge is -2.21. The fourth-order valence-electron chi connectivity index (χ4n) is 1.13. The Morgan fingerprint density at radius 2 is 2.00 bits per heavy atom. The zero-order valence-corrected chi connectivity index (χ0v) is 9.02. The van der Waals surface area contributed by atoms with Crippen molar-refractivity contribution in [3.05, 3.63) is 28.0 Å². The smallest absolute Gasteiger partial charge is 0.170 e. The third kappa shape index (κ3) is 2.00. The number of hydrogen-bond acceptors (Lipinski definition) is 2. The van der Waals surface area contributed by atoms with Gasteiger partial charge in [0.05, 0.1) is 0 Å². The highest BCUT2D eigenvalue weighted by Crippen LogP contribution is 2.32. The highest BCUT2D eigenvalue weighted by atomic mass is 79.9. The molecular formula is C9H11BrFNO. The standard InChI is InChI=1S/C9H11BrFNO/c1-9(2,12)7-5(10)3-4-6(13)8(7)11/h3-4,13H,12H2,1-2H3. The minimum Gasteiger partial charge on any atom is -0.505 e. The zero-order chi connectivity index (χ0) is 10.2. The average molecular weight is 248 g/mol. The molecule has 0 radical (unpaired) electrons. The Hall–Kier alpha value is -0.610. The van der Waals surface area contributed by atoms with Crippen LogP contribution < -0.4 is 5.73 Å². The average Bonchev–Trinajstić information content (AvgIpc) is 1.95. The van der Waals surface area contributed by atoms with E-state index in [2.05, 4.69) is 15.9 Å².